The Kier molecular flexibility index (Phi) is 5.17. The van der Waals surface area contributed by atoms with Crippen molar-refractivity contribution in [1.29, 1.82) is 0 Å². The summed E-state index contributed by atoms with van der Waals surface area (Å²) in [4.78, 5) is 42.4. The quantitative estimate of drug-likeness (QED) is 0.591. The monoisotopic (exact) mass is 458 g/mol. The number of imide groups is 1. The van der Waals surface area contributed by atoms with Gasteiger partial charge in [-0.05, 0) is 49.4 Å². The molecule has 1 aromatic heterocycles. The topological polar surface area (TPSA) is 78.4 Å². The first-order valence-electron chi connectivity index (χ1n) is 12.5. The van der Waals surface area contributed by atoms with Gasteiger partial charge in [-0.1, -0.05) is 56.4 Å². The van der Waals surface area contributed by atoms with E-state index < -0.39 is 0 Å². The Balaban J connectivity index is 1.33. The second kappa shape index (κ2) is 8.24. The Hall–Kier alpha value is -3.19. The minimum absolute atomic E-state index is 0.0637. The number of H-pyrrole nitrogens is 1. The maximum absolute atomic E-state index is 13.3. The molecule has 7 nitrogen and oxygen atoms in total. The Morgan fingerprint density at radius 1 is 0.824 bits per heavy atom. The minimum Gasteiger partial charge on any atom is -0.306 e. The number of aromatic amines is 1. The number of amides is 2. The van der Waals surface area contributed by atoms with Crippen molar-refractivity contribution in [2.75, 3.05) is 13.1 Å². The van der Waals surface area contributed by atoms with Gasteiger partial charge in [0.25, 0.3) is 11.8 Å². The van der Waals surface area contributed by atoms with Gasteiger partial charge in [0.05, 0.1) is 27.7 Å². The van der Waals surface area contributed by atoms with Crippen molar-refractivity contribution >= 4 is 22.8 Å². The lowest BCUT2D eigenvalue weighted by Gasteiger charge is -2.46. The Bertz CT molecular complexity index is 1270. The molecule has 1 saturated carbocycles. The number of benzene rings is 2. The molecule has 3 heterocycles. The SMILES string of the molecule is O=C1c2ccccc2C(=O)N1N1CCC(CC2CCCCC2)(n2c(=O)[nH]c3ccccc32)CC1. The van der Waals surface area contributed by atoms with Gasteiger partial charge in [0.15, 0.2) is 0 Å². The first kappa shape index (κ1) is 21.4. The van der Waals surface area contributed by atoms with Crippen LogP contribution in [0.5, 0.6) is 0 Å². The molecule has 0 atom stereocenters. The van der Waals surface area contributed by atoms with Crippen LogP contribution in [0.3, 0.4) is 0 Å². The predicted octanol–water partition coefficient (Wildman–Crippen LogP) is 4.30. The smallest absolute Gasteiger partial charge is 0.306 e. The van der Waals surface area contributed by atoms with Gasteiger partial charge in [-0.2, -0.15) is 0 Å². The van der Waals surface area contributed by atoms with E-state index in [0.717, 1.165) is 30.3 Å². The fourth-order valence-electron chi connectivity index (χ4n) is 6.52. The van der Waals surface area contributed by atoms with E-state index in [1.54, 1.807) is 24.3 Å². The van der Waals surface area contributed by atoms with E-state index in [-0.39, 0.29) is 23.0 Å². The number of hydrogen-bond acceptors (Lipinski definition) is 4. The molecule has 0 spiro atoms. The molecule has 1 saturated heterocycles. The molecule has 2 aromatic carbocycles. The standard InChI is InChI=1S/C27H30N4O3/c32-24-20-10-4-5-11-21(20)25(33)31(24)29-16-14-27(15-17-29,18-19-8-2-1-3-9-19)30-23-13-7-6-12-22(23)28-26(30)34/h4-7,10-13,19H,1-3,8-9,14-18H2,(H,28,34). The third kappa shape index (κ3) is 3.33. The second-order valence-electron chi connectivity index (χ2n) is 10.1. The van der Waals surface area contributed by atoms with Crippen LogP contribution >= 0.6 is 0 Å². The summed E-state index contributed by atoms with van der Waals surface area (Å²) in [6.45, 7) is 1.12. The molecule has 0 unspecified atom stereocenters. The molecule has 34 heavy (non-hydrogen) atoms. The van der Waals surface area contributed by atoms with Crippen molar-refractivity contribution in [2.24, 2.45) is 5.92 Å². The zero-order chi connectivity index (χ0) is 23.3. The maximum Gasteiger partial charge on any atom is 0.326 e. The fraction of sp³-hybridized carbons (Fsp3) is 0.444. The Morgan fingerprint density at radius 3 is 2.12 bits per heavy atom. The molecule has 3 aromatic rings. The van der Waals surface area contributed by atoms with Gasteiger partial charge >= 0.3 is 5.69 Å². The second-order valence-corrected chi connectivity index (χ2v) is 10.1. The van der Waals surface area contributed by atoms with E-state index in [4.69, 9.17) is 0 Å². The van der Waals surface area contributed by atoms with Crippen LogP contribution in [-0.4, -0.2) is 44.5 Å². The van der Waals surface area contributed by atoms with Crippen molar-refractivity contribution in [3.8, 4) is 0 Å². The number of aromatic nitrogens is 2. The van der Waals surface area contributed by atoms with Crippen LogP contribution in [0, 0.1) is 5.92 Å². The van der Waals surface area contributed by atoms with Crippen LogP contribution in [0.4, 0.5) is 0 Å². The fourth-order valence-corrected chi connectivity index (χ4v) is 6.52. The lowest BCUT2D eigenvalue weighted by molar-refractivity contribution is -0.0323. The average Bonchev–Trinajstić information content (AvgIpc) is 3.34. The van der Waals surface area contributed by atoms with Gasteiger partial charge in [0, 0.05) is 13.1 Å². The van der Waals surface area contributed by atoms with Crippen LogP contribution in [0.1, 0.15) is 72.1 Å². The summed E-state index contributed by atoms with van der Waals surface area (Å²) < 4.78 is 2.00. The number of imidazole rings is 1. The molecule has 1 aliphatic carbocycles. The molecule has 7 heteroatoms. The largest absolute Gasteiger partial charge is 0.326 e. The zero-order valence-electron chi connectivity index (χ0n) is 19.3. The van der Waals surface area contributed by atoms with E-state index in [9.17, 15) is 14.4 Å². The van der Waals surface area contributed by atoms with Gasteiger partial charge in [-0.25, -0.2) is 14.8 Å². The number of hydrogen-bond donors (Lipinski definition) is 1. The summed E-state index contributed by atoms with van der Waals surface area (Å²) in [7, 11) is 0. The van der Waals surface area contributed by atoms with E-state index in [1.807, 2.05) is 33.8 Å². The van der Waals surface area contributed by atoms with Crippen molar-refractivity contribution < 1.29 is 9.59 Å². The number of nitrogens with one attached hydrogen (secondary N) is 1. The first-order chi connectivity index (χ1) is 16.6. The van der Waals surface area contributed by atoms with Gasteiger partial charge in [0.2, 0.25) is 0 Å². The molecule has 1 N–H and O–H groups in total. The highest BCUT2D eigenvalue weighted by Crippen LogP contribution is 2.42. The van der Waals surface area contributed by atoms with Crippen LogP contribution in [0.15, 0.2) is 53.3 Å². The molecule has 0 bridgehead atoms. The number of hydrazine groups is 1. The minimum atomic E-state index is -0.326. The van der Waals surface area contributed by atoms with Crippen molar-refractivity contribution in [3.63, 3.8) is 0 Å². The van der Waals surface area contributed by atoms with E-state index >= 15 is 0 Å². The molecule has 6 rings (SSSR count). The Labute approximate surface area is 198 Å². The van der Waals surface area contributed by atoms with Gasteiger partial charge < -0.3 is 4.98 Å². The van der Waals surface area contributed by atoms with Crippen LogP contribution in [-0.2, 0) is 5.54 Å². The lowest BCUT2D eigenvalue weighted by Crippen LogP contribution is -2.56. The predicted molar refractivity (Wildman–Crippen MR) is 129 cm³/mol. The number of piperidine rings is 1. The van der Waals surface area contributed by atoms with Crippen molar-refractivity contribution in [1.82, 2.24) is 19.6 Å². The number of fused-ring (bicyclic) bond motifs is 2. The third-order valence-electron chi connectivity index (χ3n) is 8.18. The molecule has 2 fully saturated rings. The summed E-state index contributed by atoms with van der Waals surface area (Å²) in [6.07, 6.45) is 8.63. The van der Waals surface area contributed by atoms with Crippen molar-refractivity contribution in [3.05, 3.63) is 70.1 Å². The molecule has 2 amide bonds. The average molecular weight is 459 g/mol. The van der Waals surface area contributed by atoms with Gasteiger partial charge in [0.1, 0.15) is 0 Å². The normalized spacial score (nSPS) is 21.4. The highest BCUT2D eigenvalue weighted by Gasteiger charge is 2.45. The number of nitrogens with zero attached hydrogens (tertiary/aromatic N) is 3. The van der Waals surface area contributed by atoms with E-state index in [0.29, 0.717) is 30.1 Å². The van der Waals surface area contributed by atoms with E-state index in [2.05, 4.69) is 4.98 Å². The number of carbonyl (C=O) groups excluding carboxylic acids is 2. The van der Waals surface area contributed by atoms with Crippen LogP contribution in [0.25, 0.3) is 11.0 Å². The Morgan fingerprint density at radius 2 is 1.44 bits per heavy atom. The van der Waals surface area contributed by atoms with Gasteiger partial charge in [-0.15, -0.1) is 0 Å². The molecule has 0 radical (unpaired) electrons. The van der Waals surface area contributed by atoms with Crippen LogP contribution in [0.2, 0.25) is 0 Å². The van der Waals surface area contributed by atoms with E-state index in [1.165, 1.54) is 37.1 Å². The summed E-state index contributed by atoms with van der Waals surface area (Å²) in [6, 6.07) is 14.9. The first-order valence-corrected chi connectivity index (χ1v) is 12.5. The lowest BCUT2D eigenvalue weighted by atomic mass is 9.75. The van der Waals surface area contributed by atoms with Crippen molar-refractivity contribution in [2.45, 2.75) is 56.9 Å². The summed E-state index contributed by atoms with van der Waals surface area (Å²) >= 11 is 0. The number of para-hydroxylation sites is 2. The highest BCUT2D eigenvalue weighted by atomic mass is 16.2. The zero-order valence-corrected chi connectivity index (χ0v) is 19.3. The molecule has 3 aliphatic rings. The highest BCUT2D eigenvalue weighted by molar-refractivity contribution is 6.20. The number of rotatable bonds is 4. The molecular formula is C27H30N4O3. The maximum atomic E-state index is 13.3. The third-order valence-corrected chi connectivity index (χ3v) is 8.18. The molecule has 176 valence electrons. The number of carbonyl (C=O) groups is 2. The summed E-state index contributed by atoms with van der Waals surface area (Å²) in [5, 5.41) is 3.22. The molecular weight excluding hydrogens is 428 g/mol. The molecule has 2 aliphatic heterocycles. The van der Waals surface area contributed by atoms with Crippen LogP contribution < -0.4 is 5.69 Å². The summed E-state index contributed by atoms with van der Waals surface area (Å²) in [5.41, 5.74) is 2.36. The summed E-state index contributed by atoms with van der Waals surface area (Å²) in [5.74, 6) is 0.106. The van der Waals surface area contributed by atoms with Gasteiger partial charge in [-0.3, -0.25) is 14.2 Å².